The molecule has 14 nitrogen and oxygen atoms in total. The number of carbonyl (C=O) groups is 5. The van der Waals surface area contributed by atoms with Gasteiger partial charge in [-0.15, -0.1) is 0 Å². The predicted octanol–water partition coefficient (Wildman–Crippen LogP) is 2.01. The fourth-order valence-corrected chi connectivity index (χ4v) is 7.15. The number of benzene rings is 3. The number of ether oxygens (including phenoxy) is 2. The van der Waals surface area contributed by atoms with Crippen LogP contribution in [0.3, 0.4) is 0 Å². The molecule has 6 rings (SSSR count). The van der Waals surface area contributed by atoms with Gasteiger partial charge < -0.3 is 45.3 Å². The van der Waals surface area contributed by atoms with E-state index in [1.165, 1.54) is 30.9 Å². The fraction of sp³-hybridized carbons (Fsp3) is 0.375. The standard InChI is InChI=1S/C40H46N6O8/c1-24-38(50)44-32(26-9-5-4-6-10-26)22-45(37(49)16-14-25-13-15-34(53-2)35(17-25)54-3)23-36(48)43-31(18-27-20-41-30-12-8-7-11-29(27)30)40(52)46-21-28(47)19-33(46)39(51)42-24/h4-13,15,17,20,24,28,31-33,41,47H,14,16,18-19,21-23H2,1-3H3,(H,42,51)(H,43,48)(H,44,50)/t24-,28+,31+,32-,33-/m0/s1. The van der Waals surface area contributed by atoms with Crippen LogP contribution < -0.4 is 25.4 Å². The summed E-state index contributed by atoms with van der Waals surface area (Å²) in [5.74, 6) is -1.58. The van der Waals surface area contributed by atoms with Gasteiger partial charge in [0.2, 0.25) is 29.5 Å². The molecule has 1 aromatic heterocycles. The number of methoxy groups -OCH3 is 2. The second kappa shape index (κ2) is 16.8. The Morgan fingerprint density at radius 1 is 0.870 bits per heavy atom. The SMILES string of the molecule is COc1ccc(CCC(=O)N2CC(=O)N[C@H](Cc3c[nH]c4ccccc34)C(=O)N3C[C@H](O)C[C@H]3C(=O)N[C@@H](C)C(=O)N[C@H](c3ccccc3)C2)cc1OC. The van der Waals surface area contributed by atoms with Crippen LogP contribution in [0.5, 0.6) is 11.5 Å². The normalized spacial score (nSPS) is 22.8. The summed E-state index contributed by atoms with van der Waals surface area (Å²) in [6.45, 7) is 0.910. The Labute approximate surface area is 313 Å². The van der Waals surface area contributed by atoms with E-state index in [1.807, 2.05) is 48.5 Å². The Kier molecular flexibility index (Phi) is 11.8. The Morgan fingerprint density at radius 3 is 2.37 bits per heavy atom. The van der Waals surface area contributed by atoms with Crippen molar-refractivity contribution in [3.05, 3.63) is 95.7 Å². The van der Waals surface area contributed by atoms with Gasteiger partial charge in [-0.25, -0.2) is 0 Å². The third kappa shape index (κ3) is 8.66. The first-order valence-electron chi connectivity index (χ1n) is 18.0. The van der Waals surface area contributed by atoms with E-state index in [1.54, 1.807) is 30.5 Å². The summed E-state index contributed by atoms with van der Waals surface area (Å²) in [5, 5.41) is 20.1. The summed E-state index contributed by atoms with van der Waals surface area (Å²) >= 11 is 0. The maximum absolute atomic E-state index is 14.4. The van der Waals surface area contributed by atoms with Crippen LogP contribution in [0.1, 0.15) is 42.5 Å². The highest BCUT2D eigenvalue weighted by Crippen LogP contribution is 2.28. The Balaban J connectivity index is 1.34. The maximum Gasteiger partial charge on any atom is 0.246 e. The van der Waals surface area contributed by atoms with E-state index in [9.17, 15) is 29.1 Å². The van der Waals surface area contributed by atoms with Crippen molar-refractivity contribution >= 4 is 40.4 Å². The van der Waals surface area contributed by atoms with Gasteiger partial charge >= 0.3 is 0 Å². The van der Waals surface area contributed by atoms with Crippen molar-refractivity contribution in [2.75, 3.05) is 33.9 Å². The van der Waals surface area contributed by atoms with Crippen LogP contribution in [-0.4, -0.2) is 108 Å². The topological polar surface area (TPSA) is 182 Å². The minimum atomic E-state index is -1.15. The summed E-state index contributed by atoms with van der Waals surface area (Å²) in [7, 11) is 3.07. The minimum Gasteiger partial charge on any atom is -0.493 e. The van der Waals surface area contributed by atoms with Crippen molar-refractivity contribution in [2.24, 2.45) is 0 Å². The number of aromatic nitrogens is 1. The average Bonchev–Trinajstić information content (AvgIpc) is 3.78. The lowest BCUT2D eigenvalue weighted by atomic mass is 10.0. The van der Waals surface area contributed by atoms with Crippen molar-refractivity contribution in [1.82, 2.24) is 30.7 Å². The number of hydrogen-bond donors (Lipinski definition) is 5. The Hall–Kier alpha value is -5.89. The molecule has 0 spiro atoms. The molecule has 0 bridgehead atoms. The summed E-state index contributed by atoms with van der Waals surface area (Å²) in [5.41, 5.74) is 3.11. The maximum atomic E-state index is 14.4. The zero-order valence-corrected chi connectivity index (χ0v) is 30.5. The Morgan fingerprint density at radius 2 is 1.61 bits per heavy atom. The van der Waals surface area contributed by atoms with Gasteiger partial charge in [-0.05, 0) is 48.2 Å². The molecule has 3 heterocycles. The highest BCUT2D eigenvalue weighted by atomic mass is 16.5. The molecule has 5 N–H and O–H groups in total. The number of amides is 5. The first kappa shape index (κ1) is 37.9. The number of H-pyrrole nitrogens is 1. The van der Waals surface area contributed by atoms with E-state index >= 15 is 0 Å². The highest BCUT2D eigenvalue weighted by molar-refractivity contribution is 5.96. The molecule has 2 saturated heterocycles. The van der Waals surface area contributed by atoms with Crippen molar-refractivity contribution in [3.63, 3.8) is 0 Å². The number of carbonyl (C=O) groups excluding carboxylic acids is 5. The molecule has 4 aromatic rings. The molecule has 0 saturated carbocycles. The van der Waals surface area contributed by atoms with Crippen LogP contribution in [-0.2, 0) is 36.8 Å². The number of rotatable bonds is 8. The van der Waals surface area contributed by atoms with E-state index in [0.29, 0.717) is 23.5 Å². The van der Waals surface area contributed by atoms with Gasteiger partial charge in [0.25, 0.3) is 0 Å². The molecular formula is C40H46N6O8. The van der Waals surface area contributed by atoms with Gasteiger partial charge in [-0.1, -0.05) is 54.6 Å². The molecular weight excluding hydrogens is 692 g/mol. The zero-order valence-electron chi connectivity index (χ0n) is 30.5. The molecule has 14 heteroatoms. The molecule has 2 aliphatic heterocycles. The van der Waals surface area contributed by atoms with E-state index in [0.717, 1.165) is 22.0 Å². The first-order valence-corrected chi connectivity index (χ1v) is 18.0. The average molecular weight is 739 g/mol. The monoisotopic (exact) mass is 738 g/mol. The number of aliphatic hydroxyl groups excluding tert-OH is 1. The lowest BCUT2D eigenvalue weighted by molar-refractivity contribution is -0.142. The quantitative estimate of drug-likeness (QED) is 0.182. The molecule has 0 unspecified atom stereocenters. The number of aromatic amines is 1. The molecule has 54 heavy (non-hydrogen) atoms. The third-order valence-corrected chi connectivity index (χ3v) is 10.0. The second-order valence-corrected chi connectivity index (χ2v) is 13.7. The van der Waals surface area contributed by atoms with Gasteiger partial charge in [-0.3, -0.25) is 24.0 Å². The second-order valence-electron chi connectivity index (χ2n) is 13.7. The number of nitrogens with one attached hydrogen (secondary N) is 4. The van der Waals surface area contributed by atoms with E-state index in [2.05, 4.69) is 20.9 Å². The zero-order chi connectivity index (χ0) is 38.4. The van der Waals surface area contributed by atoms with Crippen molar-refractivity contribution in [1.29, 1.82) is 0 Å². The molecule has 2 fully saturated rings. The molecule has 2 aliphatic rings. The predicted molar refractivity (Wildman–Crippen MR) is 199 cm³/mol. The van der Waals surface area contributed by atoms with Gasteiger partial charge in [0.1, 0.15) is 18.1 Å². The minimum absolute atomic E-state index is 0.0235. The molecule has 5 amide bonds. The number of fused-ring (bicyclic) bond motifs is 2. The molecule has 0 radical (unpaired) electrons. The third-order valence-electron chi connectivity index (χ3n) is 10.0. The lowest BCUT2D eigenvalue weighted by Gasteiger charge is -2.30. The van der Waals surface area contributed by atoms with Crippen LogP contribution in [0, 0.1) is 0 Å². The van der Waals surface area contributed by atoms with Crippen LogP contribution in [0.4, 0.5) is 0 Å². The molecule has 0 aliphatic carbocycles. The molecule has 284 valence electrons. The van der Waals surface area contributed by atoms with Gasteiger partial charge in [-0.2, -0.15) is 0 Å². The van der Waals surface area contributed by atoms with E-state index in [4.69, 9.17) is 9.47 Å². The number of aryl methyl sites for hydroxylation is 1. The number of nitrogens with zero attached hydrogens (tertiary/aromatic N) is 2. The van der Waals surface area contributed by atoms with E-state index in [-0.39, 0.29) is 38.3 Å². The molecule has 5 atom stereocenters. The van der Waals surface area contributed by atoms with Gasteiger partial charge in [0, 0.05) is 49.5 Å². The van der Waals surface area contributed by atoms with Crippen LogP contribution in [0.15, 0.2) is 79.0 Å². The number of para-hydroxylation sites is 1. The first-order chi connectivity index (χ1) is 26.0. The fourth-order valence-electron chi connectivity index (χ4n) is 7.15. The van der Waals surface area contributed by atoms with Crippen LogP contribution >= 0.6 is 0 Å². The smallest absolute Gasteiger partial charge is 0.246 e. The van der Waals surface area contributed by atoms with Gasteiger partial charge in [0.15, 0.2) is 11.5 Å². The van der Waals surface area contributed by atoms with Crippen LogP contribution in [0.25, 0.3) is 10.9 Å². The van der Waals surface area contributed by atoms with Crippen molar-refractivity contribution in [3.8, 4) is 11.5 Å². The summed E-state index contributed by atoms with van der Waals surface area (Å²) in [6.07, 6.45) is 1.17. The summed E-state index contributed by atoms with van der Waals surface area (Å²) in [6, 6.07) is 18.0. The number of hydrogen-bond acceptors (Lipinski definition) is 8. The number of aliphatic hydroxyl groups is 1. The lowest BCUT2D eigenvalue weighted by Crippen LogP contribution is -2.56. The highest BCUT2D eigenvalue weighted by Gasteiger charge is 2.42. The summed E-state index contributed by atoms with van der Waals surface area (Å²) in [4.78, 5) is 75.6. The van der Waals surface area contributed by atoms with Crippen LogP contribution in [0.2, 0.25) is 0 Å². The van der Waals surface area contributed by atoms with Crippen molar-refractivity contribution < 1.29 is 38.6 Å². The Bertz CT molecular complexity index is 2000. The largest absolute Gasteiger partial charge is 0.493 e. The molecule has 3 aromatic carbocycles. The van der Waals surface area contributed by atoms with Gasteiger partial charge in [0.05, 0.1) is 32.9 Å². The summed E-state index contributed by atoms with van der Waals surface area (Å²) < 4.78 is 10.8. The van der Waals surface area contributed by atoms with Crippen molar-refractivity contribution in [2.45, 2.75) is 62.9 Å². The van der Waals surface area contributed by atoms with E-state index < -0.39 is 60.4 Å².